The van der Waals surface area contributed by atoms with Crippen LogP contribution in [0.25, 0.3) is 0 Å². The van der Waals surface area contributed by atoms with Crippen LogP contribution in [0.3, 0.4) is 0 Å². The molecule has 0 saturated heterocycles. The Bertz CT molecular complexity index is 641. The Morgan fingerprint density at radius 3 is 3.00 bits per heavy atom. The van der Waals surface area contributed by atoms with Gasteiger partial charge in [0.15, 0.2) is 11.4 Å². The minimum absolute atomic E-state index is 0.566. The zero-order chi connectivity index (χ0) is 13.9. The normalized spacial score (nSPS) is 14.7. The van der Waals surface area contributed by atoms with Gasteiger partial charge < -0.3 is 4.57 Å². The van der Waals surface area contributed by atoms with Crippen LogP contribution in [0, 0.1) is 0 Å². The standard InChI is InChI=1S/C14H14ClN3OS/c15-11-5-6-12(10(8-11)9-19)20-14-17-16-13-4-2-1-3-7-18(13)14/h5-6,8-9H,1-4,7H2. The summed E-state index contributed by atoms with van der Waals surface area (Å²) in [6.07, 6.45) is 5.36. The number of fused-ring (bicyclic) bond motifs is 1. The van der Waals surface area contributed by atoms with Gasteiger partial charge in [-0.3, -0.25) is 4.79 Å². The molecular weight excluding hydrogens is 294 g/mol. The van der Waals surface area contributed by atoms with Crippen LogP contribution in [0.5, 0.6) is 0 Å². The van der Waals surface area contributed by atoms with E-state index in [1.165, 1.54) is 24.6 Å². The molecule has 0 radical (unpaired) electrons. The highest BCUT2D eigenvalue weighted by Gasteiger charge is 2.16. The molecule has 1 aliphatic heterocycles. The molecule has 0 amide bonds. The first-order valence-electron chi connectivity index (χ1n) is 6.62. The smallest absolute Gasteiger partial charge is 0.196 e. The van der Waals surface area contributed by atoms with Crippen molar-refractivity contribution in [2.45, 2.75) is 42.3 Å². The minimum Gasteiger partial charge on any atom is -0.306 e. The lowest BCUT2D eigenvalue weighted by Crippen LogP contribution is -2.02. The topological polar surface area (TPSA) is 47.8 Å². The molecule has 2 aromatic rings. The summed E-state index contributed by atoms with van der Waals surface area (Å²) in [7, 11) is 0. The maximum atomic E-state index is 11.1. The van der Waals surface area contributed by atoms with Crippen LogP contribution in [0.4, 0.5) is 0 Å². The van der Waals surface area contributed by atoms with Gasteiger partial charge in [-0.05, 0) is 42.8 Å². The Labute approximate surface area is 126 Å². The van der Waals surface area contributed by atoms with Gasteiger partial charge in [0.05, 0.1) is 0 Å². The van der Waals surface area contributed by atoms with Crippen molar-refractivity contribution in [1.82, 2.24) is 14.8 Å². The van der Waals surface area contributed by atoms with Gasteiger partial charge in [-0.2, -0.15) is 0 Å². The summed E-state index contributed by atoms with van der Waals surface area (Å²) in [6.45, 7) is 0.953. The lowest BCUT2D eigenvalue weighted by molar-refractivity contribution is 0.112. The van der Waals surface area contributed by atoms with Crippen LogP contribution in [-0.4, -0.2) is 21.1 Å². The SMILES string of the molecule is O=Cc1cc(Cl)ccc1Sc1nnc2n1CCCCC2. The third-order valence-electron chi connectivity index (χ3n) is 3.38. The van der Waals surface area contributed by atoms with E-state index in [0.29, 0.717) is 10.6 Å². The fraction of sp³-hybridized carbons (Fsp3) is 0.357. The number of benzene rings is 1. The first-order chi connectivity index (χ1) is 9.78. The van der Waals surface area contributed by atoms with Crippen LogP contribution in [0.2, 0.25) is 5.02 Å². The number of carbonyl (C=O) groups is 1. The van der Waals surface area contributed by atoms with E-state index in [1.54, 1.807) is 12.1 Å². The molecule has 1 aliphatic rings. The van der Waals surface area contributed by atoms with Gasteiger partial charge in [-0.1, -0.05) is 18.0 Å². The molecule has 1 aromatic carbocycles. The van der Waals surface area contributed by atoms with Gasteiger partial charge >= 0.3 is 0 Å². The molecule has 0 aliphatic carbocycles. The quantitative estimate of drug-likeness (QED) is 0.813. The van der Waals surface area contributed by atoms with E-state index in [-0.39, 0.29) is 0 Å². The molecule has 1 aromatic heterocycles. The summed E-state index contributed by atoms with van der Waals surface area (Å²) < 4.78 is 2.17. The highest BCUT2D eigenvalue weighted by molar-refractivity contribution is 7.99. The Morgan fingerprint density at radius 1 is 1.25 bits per heavy atom. The van der Waals surface area contributed by atoms with Crippen molar-refractivity contribution in [3.05, 3.63) is 34.6 Å². The van der Waals surface area contributed by atoms with Crippen molar-refractivity contribution in [1.29, 1.82) is 0 Å². The summed E-state index contributed by atoms with van der Waals surface area (Å²) in [6, 6.07) is 5.32. The summed E-state index contributed by atoms with van der Waals surface area (Å²) in [4.78, 5) is 12.0. The Kier molecular flexibility index (Phi) is 4.08. The minimum atomic E-state index is 0.566. The largest absolute Gasteiger partial charge is 0.306 e. The number of halogens is 1. The summed E-state index contributed by atoms with van der Waals surface area (Å²) in [5.41, 5.74) is 0.591. The van der Waals surface area contributed by atoms with E-state index in [1.807, 2.05) is 6.07 Å². The third-order valence-corrected chi connectivity index (χ3v) is 4.69. The number of nitrogens with zero attached hydrogens (tertiary/aromatic N) is 3. The lowest BCUT2D eigenvalue weighted by atomic mass is 10.2. The van der Waals surface area contributed by atoms with Gasteiger partial charge in [-0.25, -0.2) is 0 Å². The molecule has 0 unspecified atom stereocenters. The first kappa shape index (κ1) is 13.6. The summed E-state index contributed by atoms with van der Waals surface area (Å²) in [5.74, 6) is 1.05. The summed E-state index contributed by atoms with van der Waals surface area (Å²) >= 11 is 7.39. The molecular formula is C14H14ClN3OS. The number of aryl methyl sites for hydroxylation is 1. The van der Waals surface area contributed by atoms with E-state index in [4.69, 9.17) is 11.6 Å². The zero-order valence-corrected chi connectivity index (χ0v) is 12.5. The van der Waals surface area contributed by atoms with E-state index < -0.39 is 0 Å². The zero-order valence-electron chi connectivity index (χ0n) is 10.9. The van der Waals surface area contributed by atoms with Gasteiger partial charge in [-0.15, -0.1) is 10.2 Å². The summed E-state index contributed by atoms with van der Waals surface area (Å²) in [5, 5.41) is 9.94. The molecule has 0 N–H and O–H groups in total. The molecule has 2 heterocycles. The monoisotopic (exact) mass is 307 g/mol. The van der Waals surface area contributed by atoms with Crippen molar-refractivity contribution >= 4 is 29.6 Å². The van der Waals surface area contributed by atoms with Crippen LogP contribution in [-0.2, 0) is 13.0 Å². The number of carbonyl (C=O) groups excluding carboxylic acids is 1. The lowest BCUT2D eigenvalue weighted by Gasteiger charge is -2.07. The van der Waals surface area contributed by atoms with E-state index in [2.05, 4.69) is 14.8 Å². The molecule has 0 atom stereocenters. The average Bonchev–Trinajstić information content (AvgIpc) is 2.69. The average molecular weight is 308 g/mol. The molecule has 0 bridgehead atoms. The molecule has 3 rings (SSSR count). The molecule has 0 fully saturated rings. The molecule has 4 nitrogen and oxygen atoms in total. The van der Waals surface area contributed by atoms with E-state index >= 15 is 0 Å². The molecule has 104 valence electrons. The third kappa shape index (κ3) is 2.74. The molecule has 0 saturated carbocycles. The van der Waals surface area contributed by atoms with Crippen LogP contribution < -0.4 is 0 Å². The van der Waals surface area contributed by atoms with Crippen LogP contribution >= 0.6 is 23.4 Å². The second-order valence-corrected chi connectivity index (χ2v) is 6.21. The Morgan fingerprint density at radius 2 is 2.15 bits per heavy atom. The van der Waals surface area contributed by atoms with Gasteiger partial charge in [0.1, 0.15) is 5.82 Å². The fourth-order valence-electron chi connectivity index (χ4n) is 2.34. The van der Waals surface area contributed by atoms with Crippen molar-refractivity contribution in [2.75, 3.05) is 0 Å². The maximum absolute atomic E-state index is 11.1. The predicted molar refractivity (Wildman–Crippen MR) is 78.5 cm³/mol. The van der Waals surface area contributed by atoms with Crippen molar-refractivity contribution in [3.8, 4) is 0 Å². The predicted octanol–water partition coefficient (Wildman–Crippen LogP) is 3.62. The van der Waals surface area contributed by atoms with E-state index in [9.17, 15) is 4.79 Å². The van der Waals surface area contributed by atoms with E-state index in [0.717, 1.165) is 41.5 Å². The maximum Gasteiger partial charge on any atom is 0.196 e. The Hall–Kier alpha value is -1.33. The number of hydrogen-bond donors (Lipinski definition) is 0. The fourth-order valence-corrected chi connectivity index (χ4v) is 3.46. The second kappa shape index (κ2) is 5.97. The number of rotatable bonds is 3. The number of aldehydes is 1. The van der Waals surface area contributed by atoms with Crippen LogP contribution in [0.15, 0.2) is 28.3 Å². The number of hydrogen-bond acceptors (Lipinski definition) is 4. The Balaban J connectivity index is 1.92. The number of aromatic nitrogens is 3. The molecule has 20 heavy (non-hydrogen) atoms. The van der Waals surface area contributed by atoms with Crippen molar-refractivity contribution < 1.29 is 4.79 Å². The van der Waals surface area contributed by atoms with Gasteiger partial charge in [0.2, 0.25) is 0 Å². The van der Waals surface area contributed by atoms with Crippen molar-refractivity contribution in [2.24, 2.45) is 0 Å². The van der Waals surface area contributed by atoms with Gasteiger partial charge in [0.25, 0.3) is 0 Å². The van der Waals surface area contributed by atoms with Crippen molar-refractivity contribution in [3.63, 3.8) is 0 Å². The second-order valence-electron chi connectivity index (χ2n) is 4.76. The van der Waals surface area contributed by atoms with Crippen LogP contribution in [0.1, 0.15) is 35.4 Å². The highest BCUT2D eigenvalue weighted by atomic mass is 35.5. The highest BCUT2D eigenvalue weighted by Crippen LogP contribution is 2.31. The first-order valence-corrected chi connectivity index (χ1v) is 7.82. The van der Waals surface area contributed by atoms with Gasteiger partial charge in [0, 0.05) is 28.4 Å². The molecule has 0 spiro atoms. The molecule has 6 heteroatoms.